The number of benzene rings is 1. The Morgan fingerprint density at radius 3 is 2.94 bits per heavy atom. The third-order valence-corrected chi connectivity index (χ3v) is 3.98. The van der Waals surface area contributed by atoms with Crippen LogP contribution in [0.4, 0.5) is 0 Å². The minimum atomic E-state index is 0.702. The van der Waals surface area contributed by atoms with Crippen LogP contribution in [-0.2, 0) is 6.54 Å². The zero-order chi connectivity index (χ0) is 11.0. The van der Waals surface area contributed by atoms with Crippen LogP contribution in [0.3, 0.4) is 0 Å². The lowest BCUT2D eigenvalue weighted by Gasteiger charge is -2.23. The molecule has 2 aliphatic heterocycles. The molecule has 0 radical (unpaired) electrons. The average Bonchev–Trinajstić information content (AvgIpc) is 2.81. The van der Waals surface area contributed by atoms with Crippen LogP contribution >= 0.6 is 0 Å². The van der Waals surface area contributed by atoms with Gasteiger partial charge in [-0.2, -0.15) is 0 Å². The maximum Gasteiger partial charge on any atom is 0.0268 e. The molecule has 86 valence electrons. The Morgan fingerprint density at radius 2 is 2.12 bits per heavy atom. The van der Waals surface area contributed by atoms with E-state index in [1.165, 1.54) is 24.9 Å². The van der Waals surface area contributed by atoms with Gasteiger partial charge in [-0.3, -0.25) is 4.90 Å². The topological polar surface area (TPSA) is 15.3 Å². The van der Waals surface area contributed by atoms with E-state index in [0.717, 1.165) is 18.6 Å². The maximum atomic E-state index is 3.69. The van der Waals surface area contributed by atoms with Gasteiger partial charge in [0.2, 0.25) is 0 Å². The molecule has 16 heavy (non-hydrogen) atoms. The van der Waals surface area contributed by atoms with Gasteiger partial charge in [0.25, 0.3) is 0 Å². The Morgan fingerprint density at radius 1 is 1.31 bits per heavy atom. The number of fused-ring (bicyclic) bond motifs is 1. The number of nitrogens with zero attached hydrogens (tertiary/aromatic N) is 1. The molecule has 1 aromatic rings. The summed E-state index contributed by atoms with van der Waals surface area (Å²) in [6.45, 7) is 4.68. The molecule has 3 atom stereocenters. The molecule has 2 saturated heterocycles. The average molecular weight is 216 g/mol. The number of likely N-dealkylation sites (tertiary alicyclic amines) is 1. The van der Waals surface area contributed by atoms with Gasteiger partial charge in [-0.1, -0.05) is 30.3 Å². The second kappa shape index (κ2) is 4.19. The molecule has 1 aromatic carbocycles. The van der Waals surface area contributed by atoms with E-state index in [-0.39, 0.29) is 0 Å². The van der Waals surface area contributed by atoms with Crippen molar-refractivity contribution in [1.29, 1.82) is 0 Å². The van der Waals surface area contributed by atoms with Gasteiger partial charge >= 0.3 is 0 Å². The molecule has 2 heteroatoms. The fraction of sp³-hybridized carbons (Fsp3) is 0.571. The van der Waals surface area contributed by atoms with Crippen molar-refractivity contribution in [2.45, 2.75) is 44.4 Å². The first-order chi connectivity index (χ1) is 7.83. The summed E-state index contributed by atoms with van der Waals surface area (Å²) in [6.07, 6.45) is 2.64. The highest BCUT2D eigenvalue weighted by Crippen LogP contribution is 2.29. The minimum absolute atomic E-state index is 0.702. The lowest BCUT2D eigenvalue weighted by molar-refractivity contribution is 0.242. The lowest BCUT2D eigenvalue weighted by atomic mass is 10.1. The summed E-state index contributed by atoms with van der Waals surface area (Å²) in [4.78, 5) is 2.65. The van der Waals surface area contributed by atoms with E-state index in [1.807, 2.05) is 0 Å². The van der Waals surface area contributed by atoms with Crippen LogP contribution in [0.15, 0.2) is 30.3 Å². The van der Waals surface area contributed by atoms with Gasteiger partial charge in [0, 0.05) is 31.2 Å². The molecule has 0 aliphatic carbocycles. The first-order valence-corrected chi connectivity index (χ1v) is 6.37. The molecule has 1 N–H and O–H groups in total. The van der Waals surface area contributed by atoms with E-state index in [1.54, 1.807) is 0 Å². The van der Waals surface area contributed by atoms with E-state index in [9.17, 15) is 0 Å². The smallest absolute Gasteiger partial charge is 0.0268 e. The number of rotatable bonds is 2. The first kappa shape index (κ1) is 10.3. The molecule has 0 saturated carbocycles. The zero-order valence-electron chi connectivity index (χ0n) is 9.89. The van der Waals surface area contributed by atoms with Crippen molar-refractivity contribution >= 4 is 0 Å². The van der Waals surface area contributed by atoms with E-state index < -0.39 is 0 Å². The molecule has 0 spiro atoms. The predicted octanol–water partition coefficient (Wildman–Crippen LogP) is 2.01. The quantitative estimate of drug-likeness (QED) is 0.813. The molecule has 2 aliphatic rings. The van der Waals surface area contributed by atoms with E-state index in [4.69, 9.17) is 0 Å². The molecule has 0 bridgehead atoms. The van der Waals surface area contributed by atoms with E-state index in [0.29, 0.717) is 6.04 Å². The van der Waals surface area contributed by atoms with Crippen molar-refractivity contribution in [2.75, 3.05) is 6.54 Å². The number of nitrogens with one attached hydrogen (secondary N) is 1. The molecule has 2 nitrogen and oxygen atoms in total. The van der Waals surface area contributed by atoms with Crippen molar-refractivity contribution in [3.05, 3.63) is 35.9 Å². The van der Waals surface area contributed by atoms with Crippen LogP contribution < -0.4 is 5.32 Å². The van der Waals surface area contributed by atoms with Crippen molar-refractivity contribution in [3.8, 4) is 0 Å². The Kier molecular flexibility index (Phi) is 2.70. The van der Waals surface area contributed by atoms with Crippen LogP contribution in [0.25, 0.3) is 0 Å². The number of hydrogen-bond acceptors (Lipinski definition) is 2. The lowest BCUT2D eigenvalue weighted by Crippen LogP contribution is -2.33. The Balaban J connectivity index is 1.68. The largest absolute Gasteiger partial charge is 0.310 e. The van der Waals surface area contributed by atoms with Gasteiger partial charge in [-0.15, -0.1) is 0 Å². The predicted molar refractivity (Wildman–Crippen MR) is 66.3 cm³/mol. The SMILES string of the molecule is CC1CC2C(CCN2Cc2ccccc2)N1. The van der Waals surface area contributed by atoms with Crippen LogP contribution in [-0.4, -0.2) is 29.6 Å². The van der Waals surface area contributed by atoms with Crippen LogP contribution in [0.1, 0.15) is 25.3 Å². The molecule has 2 fully saturated rings. The monoisotopic (exact) mass is 216 g/mol. The first-order valence-electron chi connectivity index (χ1n) is 6.37. The minimum Gasteiger partial charge on any atom is -0.310 e. The zero-order valence-corrected chi connectivity index (χ0v) is 9.89. The molecular formula is C14H20N2. The van der Waals surface area contributed by atoms with Crippen molar-refractivity contribution in [2.24, 2.45) is 0 Å². The van der Waals surface area contributed by atoms with Crippen molar-refractivity contribution in [3.63, 3.8) is 0 Å². The van der Waals surface area contributed by atoms with Crippen LogP contribution in [0.2, 0.25) is 0 Å². The molecule has 2 heterocycles. The van der Waals surface area contributed by atoms with Crippen LogP contribution in [0.5, 0.6) is 0 Å². The van der Waals surface area contributed by atoms with Crippen molar-refractivity contribution < 1.29 is 0 Å². The highest BCUT2D eigenvalue weighted by atomic mass is 15.2. The van der Waals surface area contributed by atoms with E-state index >= 15 is 0 Å². The molecule has 3 rings (SSSR count). The fourth-order valence-electron chi connectivity index (χ4n) is 3.24. The second-order valence-corrected chi connectivity index (χ2v) is 5.22. The molecule has 0 aromatic heterocycles. The fourth-order valence-corrected chi connectivity index (χ4v) is 3.24. The summed E-state index contributed by atoms with van der Waals surface area (Å²) in [5.74, 6) is 0. The molecule has 0 amide bonds. The molecule has 3 unspecified atom stereocenters. The standard InChI is InChI=1S/C14H20N2/c1-11-9-14-13(15-11)7-8-16(14)10-12-5-3-2-4-6-12/h2-6,11,13-15H,7-10H2,1H3. The maximum absolute atomic E-state index is 3.69. The Bertz CT molecular complexity index is 349. The summed E-state index contributed by atoms with van der Waals surface area (Å²) in [7, 11) is 0. The summed E-state index contributed by atoms with van der Waals surface area (Å²) in [5, 5.41) is 3.69. The van der Waals surface area contributed by atoms with Gasteiger partial charge in [0.15, 0.2) is 0 Å². The highest BCUT2D eigenvalue weighted by molar-refractivity contribution is 5.15. The van der Waals surface area contributed by atoms with Crippen molar-refractivity contribution in [1.82, 2.24) is 10.2 Å². The van der Waals surface area contributed by atoms with Gasteiger partial charge < -0.3 is 5.32 Å². The highest BCUT2D eigenvalue weighted by Gasteiger charge is 2.39. The normalized spacial score (nSPS) is 34.2. The van der Waals surface area contributed by atoms with E-state index in [2.05, 4.69) is 47.5 Å². The van der Waals surface area contributed by atoms with Gasteiger partial charge in [-0.05, 0) is 25.3 Å². The Labute approximate surface area is 97.6 Å². The van der Waals surface area contributed by atoms with Gasteiger partial charge in [0.1, 0.15) is 0 Å². The number of hydrogen-bond donors (Lipinski definition) is 1. The second-order valence-electron chi connectivity index (χ2n) is 5.22. The van der Waals surface area contributed by atoms with Crippen LogP contribution in [0, 0.1) is 0 Å². The summed E-state index contributed by atoms with van der Waals surface area (Å²) in [6, 6.07) is 13.1. The Hall–Kier alpha value is -0.860. The third kappa shape index (κ3) is 1.87. The van der Waals surface area contributed by atoms with Gasteiger partial charge in [0.05, 0.1) is 0 Å². The summed E-state index contributed by atoms with van der Waals surface area (Å²) < 4.78 is 0. The summed E-state index contributed by atoms with van der Waals surface area (Å²) >= 11 is 0. The molecular weight excluding hydrogens is 196 g/mol. The van der Waals surface area contributed by atoms with Gasteiger partial charge in [-0.25, -0.2) is 0 Å². The summed E-state index contributed by atoms with van der Waals surface area (Å²) in [5.41, 5.74) is 1.45. The third-order valence-electron chi connectivity index (χ3n) is 3.98.